The first-order chi connectivity index (χ1) is 8.43. The molecule has 18 heavy (non-hydrogen) atoms. The molecule has 96 valence electrons. The molecule has 0 aromatic heterocycles. The molecule has 1 aromatic rings. The lowest BCUT2D eigenvalue weighted by Gasteiger charge is -2.11. The van der Waals surface area contributed by atoms with E-state index in [1.54, 1.807) is 18.2 Å². The number of methoxy groups -OCH3 is 1. The summed E-state index contributed by atoms with van der Waals surface area (Å²) in [5.74, 6) is -2.33. The number of hydrogen-bond acceptors (Lipinski definition) is 4. The highest BCUT2D eigenvalue weighted by atomic mass is 79.9. The molecule has 0 radical (unpaired) electrons. The number of rotatable bonds is 5. The molecular weight excluding hydrogens is 306 g/mol. The maximum Gasteiger partial charge on any atom is 0.352 e. The molecule has 0 fully saturated rings. The zero-order chi connectivity index (χ0) is 13.7. The van der Waals surface area contributed by atoms with Gasteiger partial charge in [-0.1, -0.05) is 15.9 Å². The minimum absolute atomic E-state index is 0.349. The fourth-order valence-corrected chi connectivity index (χ4v) is 1.56. The van der Waals surface area contributed by atoms with E-state index in [9.17, 15) is 9.59 Å². The van der Waals surface area contributed by atoms with E-state index in [0.717, 1.165) is 0 Å². The van der Waals surface area contributed by atoms with Gasteiger partial charge in [0.2, 0.25) is 0 Å². The molecule has 0 bridgehead atoms. The van der Waals surface area contributed by atoms with Gasteiger partial charge < -0.3 is 20.3 Å². The largest absolute Gasteiger partial charge is 0.495 e. The second kappa shape index (κ2) is 6.06. The van der Waals surface area contributed by atoms with Gasteiger partial charge in [-0.2, -0.15) is 0 Å². The van der Waals surface area contributed by atoms with Crippen LogP contribution in [0.25, 0.3) is 0 Å². The van der Waals surface area contributed by atoms with Crippen molar-refractivity contribution in [1.29, 1.82) is 0 Å². The fourth-order valence-electron chi connectivity index (χ4n) is 1.20. The maximum atomic E-state index is 10.9. The summed E-state index contributed by atoms with van der Waals surface area (Å²) >= 11 is 3.22. The minimum atomic E-state index is -1.38. The summed E-state index contributed by atoms with van der Waals surface area (Å²) in [4.78, 5) is 21.4. The molecule has 0 atom stereocenters. The SMILES string of the molecule is COc1ccc(Br)cc1N/C(=C\C(=O)O)C(=O)O. The van der Waals surface area contributed by atoms with Crippen LogP contribution in [0.5, 0.6) is 5.75 Å². The molecule has 3 N–H and O–H groups in total. The van der Waals surface area contributed by atoms with Gasteiger partial charge in [-0.3, -0.25) is 0 Å². The lowest BCUT2D eigenvalue weighted by Crippen LogP contribution is -2.13. The molecule has 0 amide bonds. The van der Waals surface area contributed by atoms with Crippen LogP contribution in [0.15, 0.2) is 34.4 Å². The lowest BCUT2D eigenvalue weighted by atomic mass is 10.2. The van der Waals surface area contributed by atoms with E-state index in [-0.39, 0.29) is 0 Å². The van der Waals surface area contributed by atoms with Crippen LogP contribution in [0.4, 0.5) is 5.69 Å². The van der Waals surface area contributed by atoms with Crippen molar-refractivity contribution in [1.82, 2.24) is 0 Å². The van der Waals surface area contributed by atoms with Gasteiger partial charge in [0.1, 0.15) is 11.4 Å². The molecule has 0 saturated carbocycles. The van der Waals surface area contributed by atoms with Crippen molar-refractivity contribution >= 4 is 33.6 Å². The summed E-state index contributed by atoms with van der Waals surface area (Å²) in [6, 6.07) is 4.91. The van der Waals surface area contributed by atoms with Crippen LogP contribution in [0.1, 0.15) is 0 Å². The lowest BCUT2D eigenvalue weighted by molar-refractivity contribution is -0.134. The van der Waals surface area contributed by atoms with Gasteiger partial charge in [-0.25, -0.2) is 9.59 Å². The summed E-state index contributed by atoms with van der Waals surface area (Å²) < 4.78 is 5.73. The predicted molar refractivity (Wildman–Crippen MR) is 67.7 cm³/mol. The first-order valence-corrected chi connectivity index (χ1v) is 5.52. The molecule has 0 spiro atoms. The van der Waals surface area contributed by atoms with E-state index in [0.29, 0.717) is 22.0 Å². The van der Waals surface area contributed by atoms with E-state index in [2.05, 4.69) is 21.2 Å². The summed E-state index contributed by atoms with van der Waals surface area (Å²) in [5.41, 5.74) is -0.110. The van der Waals surface area contributed by atoms with Crippen molar-refractivity contribution in [3.8, 4) is 5.75 Å². The molecule has 1 aromatic carbocycles. The Morgan fingerprint density at radius 1 is 1.39 bits per heavy atom. The molecule has 7 heteroatoms. The van der Waals surface area contributed by atoms with Crippen molar-refractivity contribution in [2.45, 2.75) is 0 Å². The second-order valence-corrected chi connectivity index (χ2v) is 4.09. The van der Waals surface area contributed by atoms with Gasteiger partial charge in [-0.15, -0.1) is 0 Å². The van der Waals surface area contributed by atoms with Crippen molar-refractivity contribution < 1.29 is 24.5 Å². The van der Waals surface area contributed by atoms with Crippen LogP contribution in [-0.4, -0.2) is 29.3 Å². The highest BCUT2D eigenvalue weighted by Crippen LogP contribution is 2.28. The molecule has 6 nitrogen and oxygen atoms in total. The fraction of sp³-hybridized carbons (Fsp3) is 0.0909. The van der Waals surface area contributed by atoms with E-state index in [1.165, 1.54) is 7.11 Å². The number of halogens is 1. The molecule has 0 aliphatic carbocycles. The average molecular weight is 316 g/mol. The Labute approximate surface area is 111 Å². The van der Waals surface area contributed by atoms with E-state index in [1.807, 2.05) is 0 Å². The Morgan fingerprint density at radius 3 is 2.56 bits per heavy atom. The zero-order valence-corrected chi connectivity index (χ0v) is 10.9. The number of aliphatic carboxylic acids is 2. The average Bonchev–Trinajstić information content (AvgIpc) is 2.27. The monoisotopic (exact) mass is 315 g/mol. The molecular formula is C11H10BrNO5. The number of anilines is 1. The van der Waals surface area contributed by atoms with Crippen LogP contribution in [0.3, 0.4) is 0 Å². The third-order valence-electron chi connectivity index (χ3n) is 1.93. The zero-order valence-electron chi connectivity index (χ0n) is 9.31. The van der Waals surface area contributed by atoms with Crippen molar-refractivity contribution in [2.24, 2.45) is 0 Å². The first kappa shape index (κ1) is 14.0. The summed E-state index contributed by atoms with van der Waals surface area (Å²) in [7, 11) is 1.43. The van der Waals surface area contributed by atoms with Gasteiger partial charge in [-0.05, 0) is 18.2 Å². The van der Waals surface area contributed by atoms with Gasteiger partial charge >= 0.3 is 11.9 Å². The summed E-state index contributed by atoms with van der Waals surface area (Å²) in [6.45, 7) is 0. The van der Waals surface area contributed by atoms with Crippen LogP contribution < -0.4 is 10.1 Å². The number of carboxylic acids is 2. The first-order valence-electron chi connectivity index (χ1n) is 4.72. The van der Waals surface area contributed by atoms with Crippen LogP contribution in [0.2, 0.25) is 0 Å². The van der Waals surface area contributed by atoms with Gasteiger partial charge in [0.25, 0.3) is 0 Å². The minimum Gasteiger partial charge on any atom is -0.495 e. The number of ether oxygens (including phenoxy) is 1. The number of nitrogens with one attached hydrogen (secondary N) is 1. The Bertz CT molecular complexity index is 512. The van der Waals surface area contributed by atoms with Gasteiger partial charge in [0.05, 0.1) is 18.9 Å². The number of benzene rings is 1. The van der Waals surface area contributed by atoms with Crippen LogP contribution >= 0.6 is 15.9 Å². The quantitative estimate of drug-likeness (QED) is 0.718. The number of carboxylic acid groups (broad SMARTS) is 2. The molecule has 1 rings (SSSR count). The van der Waals surface area contributed by atoms with Crippen molar-refractivity contribution in [3.63, 3.8) is 0 Å². The highest BCUT2D eigenvalue weighted by molar-refractivity contribution is 9.10. The smallest absolute Gasteiger partial charge is 0.352 e. The predicted octanol–water partition coefficient (Wildman–Crippen LogP) is 1.92. The molecule has 0 heterocycles. The van der Waals surface area contributed by atoms with Gasteiger partial charge in [0.15, 0.2) is 0 Å². The van der Waals surface area contributed by atoms with E-state index in [4.69, 9.17) is 14.9 Å². The Balaban J connectivity index is 3.11. The number of hydrogen-bond donors (Lipinski definition) is 3. The van der Waals surface area contributed by atoms with Crippen molar-refractivity contribution in [2.75, 3.05) is 12.4 Å². The summed E-state index contributed by atoms with van der Waals surface area (Å²) in [6.07, 6.45) is 0.572. The molecule has 0 unspecified atom stereocenters. The summed E-state index contributed by atoms with van der Waals surface area (Å²) in [5, 5.41) is 19.9. The van der Waals surface area contributed by atoms with Gasteiger partial charge in [0, 0.05) is 4.47 Å². The Morgan fingerprint density at radius 2 is 2.06 bits per heavy atom. The standard InChI is InChI=1S/C11H10BrNO5/c1-18-9-3-2-6(12)4-7(9)13-8(11(16)17)5-10(14)15/h2-5,13H,1H3,(H,14,15)(H,16,17)/b8-5-. The third kappa shape index (κ3) is 3.77. The van der Waals surface area contributed by atoms with Crippen LogP contribution in [-0.2, 0) is 9.59 Å². The second-order valence-electron chi connectivity index (χ2n) is 3.17. The number of carbonyl (C=O) groups is 2. The van der Waals surface area contributed by atoms with E-state index >= 15 is 0 Å². The Hall–Kier alpha value is -2.02. The third-order valence-corrected chi connectivity index (χ3v) is 2.42. The molecule has 0 aliphatic heterocycles. The normalized spacial score (nSPS) is 10.9. The maximum absolute atomic E-state index is 10.9. The molecule has 0 aliphatic rings. The highest BCUT2D eigenvalue weighted by Gasteiger charge is 2.12. The van der Waals surface area contributed by atoms with Crippen molar-refractivity contribution in [3.05, 3.63) is 34.4 Å². The van der Waals surface area contributed by atoms with Crippen LogP contribution in [0, 0.1) is 0 Å². The molecule has 0 saturated heterocycles. The topological polar surface area (TPSA) is 95.9 Å². The Kier molecular flexibility index (Phi) is 4.73. The van der Waals surface area contributed by atoms with E-state index < -0.39 is 17.6 Å².